The van der Waals surface area contributed by atoms with Gasteiger partial charge in [0.25, 0.3) is 0 Å². The lowest BCUT2D eigenvalue weighted by atomic mass is 10.2. The summed E-state index contributed by atoms with van der Waals surface area (Å²) in [5.41, 5.74) is 2.00. The Kier molecular flexibility index (Phi) is 4.24. The Morgan fingerprint density at radius 2 is 2.39 bits per heavy atom. The molecule has 0 aliphatic carbocycles. The second kappa shape index (κ2) is 5.89. The Balaban J connectivity index is 2.02. The quantitative estimate of drug-likeness (QED) is 0.815. The maximum Gasteiger partial charge on any atom is 0.237 e. The number of amides is 1. The molecule has 1 aliphatic rings. The summed E-state index contributed by atoms with van der Waals surface area (Å²) < 4.78 is 0. The number of nitriles is 1. The molecule has 2 N–H and O–H groups in total. The van der Waals surface area contributed by atoms with Crippen LogP contribution in [-0.4, -0.2) is 17.7 Å². The molecular formula is C13H15N3OS. The van der Waals surface area contributed by atoms with Crippen LogP contribution in [0.15, 0.2) is 23.1 Å². The first-order chi connectivity index (χ1) is 8.70. The molecule has 1 atom stereocenters. The third-order valence-corrected chi connectivity index (χ3v) is 3.90. The minimum absolute atomic E-state index is 0.0305. The van der Waals surface area contributed by atoms with Gasteiger partial charge in [0.1, 0.15) is 0 Å². The average Bonchev–Trinajstić information content (AvgIpc) is 2.36. The van der Waals surface area contributed by atoms with E-state index in [9.17, 15) is 4.79 Å². The topological polar surface area (TPSA) is 64.9 Å². The number of nitrogens with zero attached hydrogens (tertiary/aromatic N) is 1. The molecule has 0 spiro atoms. The van der Waals surface area contributed by atoms with Gasteiger partial charge in [0, 0.05) is 24.4 Å². The summed E-state index contributed by atoms with van der Waals surface area (Å²) in [7, 11) is 0. The molecule has 1 aromatic carbocycles. The van der Waals surface area contributed by atoms with Gasteiger partial charge in [-0.15, -0.1) is 11.8 Å². The zero-order chi connectivity index (χ0) is 13.0. The molecule has 94 valence electrons. The second-order valence-electron chi connectivity index (χ2n) is 4.16. The van der Waals surface area contributed by atoms with E-state index < -0.39 is 0 Å². The molecule has 1 amide bonds. The summed E-state index contributed by atoms with van der Waals surface area (Å²) in [6.07, 6.45) is 0.509. The highest BCUT2D eigenvalue weighted by Gasteiger charge is 2.22. The number of nitrogens with one attached hydrogen (secondary N) is 2. The molecule has 0 saturated heterocycles. The van der Waals surface area contributed by atoms with E-state index in [2.05, 4.69) is 22.8 Å². The molecule has 5 heteroatoms. The molecule has 0 aromatic heterocycles. The fourth-order valence-electron chi connectivity index (χ4n) is 1.74. The SMILES string of the molecule is CC1Sc2ccc(CNCCC#N)cc2NC1=O. The summed E-state index contributed by atoms with van der Waals surface area (Å²) in [6.45, 7) is 3.30. The van der Waals surface area contributed by atoms with E-state index in [1.165, 1.54) is 0 Å². The molecule has 0 saturated carbocycles. The van der Waals surface area contributed by atoms with Crippen molar-refractivity contribution in [3.05, 3.63) is 23.8 Å². The lowest BCUT2D eigenvalue weighted by Gasteiger charge is -2.21. The molecule has 1 unspecified atom stereocenters. The van der Waals surface area contributed by atoms with Gasteiger partial charge >= 0.3 is 0 Å². The maximum absolute atomic E-state index is 11.6. The fraction of sp³-hybridized carbons (Fsp3) is 0.385. The van der Waals surface area contributed by atoms with Gasteiger partial charge in [-0.05, 0) is 24.6 Å². The summed E-state index contributed by atoms with van der Waals surface area (Å²) in [5, 5.41) is 14.5. The van der Waals surface area contributed by atoms with Crippen molar-refractivity contribution in [2.24, 2.45) is 0 Å². The van der Waals surface area contributed by atoms with Gasteiger partial charge in [-0.2, -0.15) is 5.26 Å². The van der Waals surface area contributed by atoms with Crippen molar-refractivity contribution in [3.63, 3.8) is 0 Å². The fourth-order valence-corrected chi connectivity index (χ4v) is 2.67. The van der Waals surface area contributed by atoms with Crippen LogP contribution in [0, 0.1) is 11.3 Å². The average molecular weight is 261 g/mol. The van der Waals surface area contributed by atoms with Crippen LogP contribution in [0.25, 0.3) is 0 Å². The molecule has 0 radical (unpaired) electrons. The highest BCUT2D eigenvalue weighted by molar-refractivity contribution is 8.00. The van der Waals surface area contributed by atoms with Gasteiger partial charge in [0.05, 0.1) is 17.0 Å². The van der Waals surface area contributed by atoms with E-state index in [0.29, 0.717) is 19.5 Å². The normalized spacial score (nSPS) is 17.8. The smallest absolute Gasteiger partial charge is 0.237 e. The van der Waals surface area contributed by atoms with Crippen LogP contribution in [-0.2, 0) is 11.3 Å². The summed E-state index contributed by atoms with van der Waals surface area (Å²) in [6, 6.07) is 8.17. The van der Waals surface area contributed by atoms with Crippen LogP contribution in [0.5, 0.6) is 0 Å². The number of hydrogen-bond donors (Lipinski definition) is 2. The number of anilines is 1. The van der Waals surface area contributed by atoms with E-state index in [0.717, 1.165) is 16.1 Å². The van der Waals surface area contributed by atoms with Gasteiger partial charge in [-0.25, -0.2) is 0 Å². The Bertz CT molecular complexity index is 495. The van der Waals surface area contributed by atoms with Gasteiger partial charge in [-0.1, -0.05) is 6.07 Å². The lowest BCUT2D eigenvalue weighted by molar-refractivity contribution is -0.115. The minimum Gasteiger partial charge on any atom is -0.324 e. The maximum atomic E-state index is 11.6. The van der Waals surface area contributed by atoms with Gasteiger partial charge < -0.3 is 10.6 Å². The zero-order valence-electron chi connectivity index (χ0n) is 10.2. The number of benzene rings is 1. The van der Waals surface area contributed by atoms with E-state index in [1.54, 1.807) is 11.8 Å². The summed E-state index contributed by atoms with van der Waals surface area (Å²) >= 11 is 1.59. The van der Waals surface area contributed by atoms with Crippen LogP contribution in [0.3, 0.4) is 0 Å². The first kappa shape index (κ1) is 12.9. The first-order valence-electron chi connectivity index (χ1n) is 5.89. The predicted octanol–water partition coefficient (Wildman–Crippen LogP) is 2.12. The van der Waals surface area contributed by atoms with Crippen molar-refractivity contribution in [3.8, 4) is 6.07 Å². The van der Waals surface area contributed by atoms with Crippen molar-refractivity contribution in [1.29, 1.82) is 5.26 Å². The van der Waals surface area contributed by atoms with E-state index in [-0.39, 0.29) is 11.2 Å². The molecule has 1 aliphatic heterocycles. The number of rotatable bonds is 4. The van der Waals surface area contributed by atoms with Crippen molar-refractivity contribution in [2.45, 2.75) is 30.0 Å². The number of carbonyl (C=O) groups is 1. The molecule has 4 nitrogen and oxygen atoms in total. The Labute approximate surface area is 111 Å². The third kappa shape index (κ3) is 3.03. The van der Waals surface area contributed by atoms with Crippen molar-refractivity contribution >= 4 is 23.4 Å². The first-order valence-corrected chi connectivity index (χ1v) is 6.77. The summed E-state index contributed by atoms with van der Waals surface area (Å²) in [4.78, 5) is 12.7. The molecule has 18 heavy (non-hydrogen) atoms. The van der Waals surface area contributed by atoms with E-state index >= 15 is 0 Å². The molecular weight excluding hydrogens is 246 g/mol. The van der Waals surface area contributed by atoms with Gasteiger partial charge in [0.15, 0.2) is 0 Å². The van der Waals surface area contributed by atoms with Crippen LogP contribution in [0.2, 0.25) is 0 Å². The molecule has 1 aromatic rings. The zero-order valence-corrected chi connectivity index (χ0v) is 11.0. The highest BCUT2D eigenvalue weighted by atomic mass is 32.2. The largest absolute Gasteiger partial charge is 0.324 e. The lowest BCUT2D eigenvalue weighted by Crippen LogP contribution is -2.26. The van der Waals surface area contributed by atoms with E-state index in [4.69, 9.17) is 5.26 Å². The highest BCUT2D eigenvalue weighted by Crippen LogP contribution is 2.35. The Morgan fingerprint density at radius 1 is 1.56 bits per heavy atom. The third-order valence-electron chi connectivity index (χ3n) is 2.72. The monoisotopic (exact) mass is 261 g/mol. The molecule has 0 fully saturated rings. The van der Waals surface area contributed by atoms with Gasteiger partial charge in [-0.3, -0.25) is 4.79 Å². The Hall–Kier alpha value is -1.51. The van der Waals surface area contributed by atoms with Crippen LogP contribution in [0.1, 0.15) is 18.9 Å². The second-order valence-corrected chi connectivity index (χ2v) is 5.55. The number of thioether (sulfide) groups is 1. The number of carbonyl (C=O) groups excluding carboxylic acids is 1. The number of fused-ring (bicyclic) bond motifs is 1. The van der Waals surface area contributed by atoms with Crippen LogP contribution >= 0.6 is 11.8 Å². The van der Waals surface area contributed by atoms with Gasteiger partial charge in [0.2, 0.25) is 5.91 Å². The number of hydrogen-bond acceptors (Lipinski definition) is 4. The van der Waals surface area contributed by atoms with Crippen molar-refractivity contribution in [1.82, 2.24) is 5.32 Å². The molecule has 1 heterocycles. The summed E-state index contributed by atoms with van der Waals surface area (Å²) in [5.74, 6) is 0.0575. The van der Waals surface area contributed by atoms with E-state index in [1.807, 2.05) is 19.1 Å². The minimum atomic E-state index is -0.0305. The molecule has 2 rings (SSSR count). The molecule has 0 bridgehead atoms. The van der Waals surface area contributed by atoms with Crippen molar-refractivity contribution < 1.29 is 4.79 Å². The van der Waals surface area contributed by atoms with Crippen LogP contribution < -0.4 is 10.6 Å². The predicted molar refractivity (Wildman–Crippen MR) is 72.3 cm³/mol. The van der Waals surface area contributed by atoms with Crippen molar-refractivity contribution in [2.75, 3.05) is 11.9 Å². The Morgan fingerprint density at radius 3 is 3.17 bits per heavy atom. The van der Waals surface area contributed by atoms with Crippen LogP contribution in [0.4, 0.5) is 5.69 Å². The standard InChI is InChI=1S/C13H15N3OS/c1-9-13(17)16-11-7-10(3-4-12(11)18-9)8-15-6-2-5-14/h3-4,7,9,15H,2,6,8H2,1H3,(H,16,17).